The van der Waals surface area contributed by atoms with Crippen LogP contribution in [0.15, 0.2) is 18.2 Å². The smallest absolute Gasteiger partial charge is 0.530 e. The molecule has 0 bridgehead atoms. The number of fused-ring (bicyclic) bond motifs is 2. The van der Waals surface area contributed by atoms with Crippen LogP contribution in [0.2, 0.25) is 0 Å². The van der Waals surface area contributed by atoms with Crippen molar-refractivity contribution in [3.05, 3.63) is 23.8 Å². The van der Waals surface area contributed by atoms with Crippen LogP contribution in [-0.4, -0.2) is 191 Å². The second kappa shape index (κ2) is 33.7. The van der Waals surface area contributed by atoms with Crippen LogP contribution in [0.3, 0.4) is 0 Å². The van der Waals surface area contributed by atoms with Gasteiger partial charge in [0.1, 0.15) is 59.1 Å². The number of nitrogens with one attached hydrogen (secondary N) is 5. The molecule has 0 saturated carbocycles. The van der Waals surface area contributed by atoms with E-state index in [1.165, 1.54) is 44.6 Å². The Morgan fingerprint density at radius 3 is 1.95 bits per heavy atom. The van der Waals surface area contributed by atoms with E-state index in [0.29, 0.717) is 17.7 Å². The summed E-state index contributed by atoms with van der Waals surface area (Å²) in [5, 5.41) is 98.8. The number of hydrogen-bond donors (Lipinski definition) is 14. The number of nitrogens with zero attached hydrogens (tertiary/aromatic N) is 2. The normalized spacial score (nSPS) is 26.5. The maximum Gasteiger partial charge on any atom is 1.00 e. The number of aliphatic hydroxyl groups excluding tert-OH is 7. The Balaban J connectivity index is 0.0000160. The molecule has 3 aliphatic rings. The number of carbonyl (C=O) groups is 8. The van der Waals surface area contributed by atoms with Crippen molar-refractivity contribution in [3.63, 3.8) is 0 Å². The molecule has 78 heavy (non-hydrogen) atoms. The minimum absolute atomic E-state index is 0. The molecule has 3 heterocycles. The van der Waals surface area contributed by atoms with Crippen LogP contribution >= 0.6 is 0 Å². The molecule has 3 fully saturated rings. The van der Waals surface area contributed by atoms with Gasteiger partial charge >= 0.3 is 29.6 Å². The van der Waals surface area contributed by atoms with Gasteiger partial charge in [0.15, 0.2) is 12.0 Å². The number of amides is 8. The van der Waals surface area contributed by atoms with Crippen LogP contribution in [0, 0.1) is 0 Å². The van der Waals surface area contributed by atoms with E-state index < -0.39 is 188 Å². The zero-order valence-electron chi connectivity index (χ0n) is 44.2. The minimum atomic E-state index is -3.19. The molecular weight excluding hydrogens is 1060 g/mol. The van der Waals surface area contributed by atoms with Crippen molar-refractivity contribution in [1.82, 2.24) is 36.4 Å². The Morgan fingerprint density at radius 2 is 1.36 bits per heavy atom. The molecule has 12 atom stereocenters. The van der Waals surface area contributed by atoms with E-state index in [4.69, 9.17) is 5.73 Å². The molecule has 1 aromatic rings. The zero-order chi connectivity index (χ0) is 56.9. The van der Waals surface area contributed by atoms with E-state index in [1.807, 2.05) is 5.32 Å². The van der Waals surface area contributed by atoms with Crippen molar-refractivity contribution in [3.8, 4) is 11.5 Å². The molecule has 29 heteroatoms. The predicted octanol–water partition coefficient (Wildman–Crippen LogP) is -6.33. The Kier molecular flexibility index (Phi) is 29.2. The molecule has 0 radical (unpaired) electrons. The molecule has 4 rings (SSSR count). The first-order valence-electron chi connectivity index (χ1n) is 26.2. The van der Waals surface area contributed by atoms with Gasteiger partial charge in [-0.15, -0.1) is 0 Å². The molecule has 12 unspecified atom stereocenters. The van der Waals surface area contributed by atoms with Crippen LogP contribution in [0.25, 0.3) is 0 Å². The van der Waals surface area contributed by atoms with Crippen LogP contribution in [0.4, 0.5) is 0 Å². The number of phenols is 1. The van der Waals surface area contributed by atoms with Crippen LogP contribution < -0.4 is 66.1 Å². The first kappa shape index (κ1) is 67.5. The van der Waals surface area contributed by atoms with Gasteiger partial charge in [-0.1, -0.05) is 90.0 Å². The van der Waals surface area contributed by atoms with Gasteiger partial charge in [0.2, 0.25) is 47.3 Å². The number of nitrogens with two attached hydrogens (primary N) is 1. The third kappa shape index (κ3) is 20.7. The molecule has 0 spiro atoms. The molecule has 3 aliphatic heterocycles. The number of primary amides is 1. The fourth-order valence-electron chi connectivity index (χ4n) is 9.64. The number of carbonyl (C=O) groups excluding carboxylic acids is 8. The van der Waals surface area contributed by atoms with Gasteiger partial charge < -0.3 is 95.6 Å². The molecule has 8 amide bonds. The van der Waals surface area contributed by atoms with Crippen molar-refractivity contribution >= 4 is 58.2 Å². The molecule has 434 valence electrons. The van der Waals surface area contributed by atoms with Crippen molar-refractivity contribution in [1.29, 1.82) is 0 Å². The quantitative estimate of drug-likeness (QED) is 0.0260. The van der Waals surface area contributed by atoms with E-state index in [1.54, 1.807) is 0 Å². The largest absolute Gasteiger partial charge is 1.00 e. The summed E-state index contributed by atoms with van der Waals surface area (Å²) in [4.78, 5) is 112. The van der Waals surface area contributed by atoms with Crippen molar-refractivity contribution in [2.75, 3.05) is 19.7 Å². The van der Waals surface area contributed by atoms with Crippen molar-refractivity contribution < 1.29 is 121 Å². The van der Waals surface area contributed by atoms with E-state index >= 15 is 0 Å². The molecule has 0 aliphatic carbocycles. The van der Waals surface area contributed by atoms with Gasteiger partial charge in [-0.05, 0) is 30.5 Å². The fourth-order valence-corrected chi connectivity index (χ4v) is 9.92. The Hall–Kier alpha value is -4.75. The number of unbranched alkanes of at least 4 members (excludes halogenated alkanes) is 12. The molecule has 0 aromatic heterocycles. The zero-order valence-corrected chi connectivity index (χ0v) is 47.0. The first-order chi connectivity index (χ1) is 36.6. The van der Waals surface area contributed by atoms with Crippen LogP contribution in [0.5, 0.6) is 11.5 Å². The van der Waals surface area contributed by atoms with Gasteiger partial charge in [0.25, 0.3) is 0 Å². The summed E-state index contributed by atoms with van der Waals surface area (Å²) in [6, 6.07) is -8.72. The van der Waals surface area contributed by atoms with Crippen LogP contribution in [0.1, 0.15) is 128 Å². The SMILES string of the molecule is CCCCCCCCCCCCCCCC(=O)NC1CC(O)C(O)NC(=O)C2C(O)CCN2C(=O)C(C(O)CC(N)=O)NC(=O)C(C(O)Cc2ccc(O)c(O[S-](=O)=O)c2)NC(=O)C2CC(O)CN2C(=O)C(CO)NC1=O.[Na+]. The van der Waals surface area contributed by atoms with Gasteiger partial charge in [0.05, 0.1) is 37.4 Å². The number of phenolic OH excluding ortho intramolecular Hbond substituents is 1. The summed E-state index contributed by atoms with van der Waals surface area (Å²) >= 11 is 0. The minimum Gasteiger partial charge on any atom is -0.530 e. The predicted molar refractivity (Wildman–Crippen MR) is 269 cm³/mol. The third-order valence-electron chi connectivity index (χ3n) is 13.8. The van der Waals surface area contributed by atoms with Gasteiger partial charge in [-0.2, -0.15) is 0 Å². The standard InChI is InChI=1S/C49H77N8O19S.Na/c1-2-3-4-5-6-7-8-9-10-11-12-13-14-15-39(66)51-29-23-36(64)45(69)55-47(71)42-33(61)18-19-56(42)49(73)41(35(63)24-38(50)65)54-46(70)40(34(62)20-27-16-17-32(60)37(21-27)76-77(74)75)53-44(68)31-22-28(59)25-57(31)48(72)30(26-58)52-43(29)67;/h16-17,21,28-31,33-36,40-42,45,58-64,69H,2-15,18-20,22-26H2,1H3,(H2,50,65)(H,51,66)(H,52,67)(H,53,68)(H,54,70)(H,55,71);/q-1;+1. The summed E-state index contributed by atoms with van der Waals surface area (Å²) in [5.74, 6) is -10.9. The van der Waals surface area contributed by atoms with Crippen molar-refractivity contribution in [2.45, 2.75) is 202 Å². The summed E-state index contributed by atoms with van der Waals surface area (Å²) in [6.07, 6.45) is -1.74. The van der Waals surface area contributed by atoms with Gasteiger partial charge in [-0.25, -0.2) is 0 Å². The molecule has 1 aromatic carbocycles. The van der Waals surface area contributed by atoms with E-state index in [2.05, 4.69) is 32.4 Å². The van der Waals surface area contributed by atoms with E-state index in [0.717, 1.165) is 49.1 Å². The number of hydrogen-bond acceptors (Lipinski definition) is 20. The summed E-state index contributed by atoms with van der Waals surface area (Å²) in [6.45, 7) is -0.0134. The van der Waals surface area contributed by atoms with Gasteiger partial charge in [-0.3, -0.25) is 38.4 Å². The Bertz CT molecular complexity index is 2260. The topological polar surface area (TPSA) is 434 Å². The third-order valence-corrected chi connectivity index (χ3v) is 14.1. The van der Waals surface area contributed by atoms with Crippen molar-refractivity contribution in [2.24, 2.45) is 5.73 Å². The summed E-state index contributed by atoms with van der Waals surface area (Å²) in [7, 11) is -3.19. The molecular formula is C49H77N8NaO19S. The number of benzene rings is 1. The number of aromatic hydroxyl groups is 1. The molecule has 15 N–H and O–H groups in total. The van der Waals surface area contributed by atoms with E-state index in [9.17, 15) is 87.6 Å². The van der Waals surface area contributed by atoms with Crippen LogP contribution in [-0.2, 0) is 64.2 Å². The monoisotopic (exact) mass is 1140 g/mol. The maximum atomic E-state index is 14.4. The molecule has 27 nitrogen and oxygen atoms in total. The van der Waals surface area contributed by atoms with Gasteiger partial charge in [0, 0.05) is 38.8 Å². The average molecular weight is 1140 g/mol. The Labute approximate surface area is 476 Å². The number of rotatable bonds is 24. The number of aliphatic hydroxyl groups is 7. The fraction of sp³-hybridized carbons (Fsp3) is 0.714. The second-order valence-electron chi connectivity index (χ2n) is 19.9. The van der Waals surface area contributed by atoms with E-state index in [-0.39, 0.29) is 48.0 Å². The second-order valence-corrected chi connectivity index (χ2v) is 20.5. The first-order valence-corrected chi connectivity index (χ1v) is 27.2. The average Bonchev–Trinajstić information content (AvgIpc) is 3.97. The summed E-state index contributed by atoms with van der Waals surface area (Å²) in [5.41, 5.74) is 5.29. The molecule has 3 saturated heterocycles. The Morgan fingerprint density at radius 1 is 0.756 bits per heavy atom. The maximum absolute atomic E-state index is 14.4. The summed E-state index contributed by atoms with van der Waals surface area (Å²) < 4.78 is 27.1.